The zero-order valence-electron chi connectivity index (χ0n) is 16.9. The molecule has 10 nitrogen and oxygen atoms in total. The lowest BCUT2D eigenvalue weighted by Crippen LogP contribution is -2.18. The van der Waals surface area contributed by atoms with Gasteiger partial charge in [0.1, 0.15) is 36.3 Å². The monoisotopic (exact) mass is 434 g/mol. The van der Waals surface area contributed by atoms with Crippen LogP contribution in [-0.4, -0.2) is 30.7 Å². The first-order valence-corrected chi connectivity index (χ1v) is 9.63. The van der Waals surface area contributed by atoms with Gasteiger partial charge in [-0.15, -0.1) is 0 Å². The summed E-state index contributed by atoms with van der Waals surface area (Å²) in [5.41, 5.74) is -0.213. The Morgan fingerprint density at radius 1 is 1.22 bits per heavy atom. The average Bonchev–Trinajstić information content (AvgIpc) is 2.80. The molecule has 0 aliphatic carbocycles. The van der Waals surface area contributed by atoms with Crippen molar-refractivity contribution in [1.82, 2.24) is 0 Å². The highest BCUT2D eigenvalue weighted by molar-refractivity contribution is 6.10. The summed E-state index contributed by atoms with van der Waals surface area (Å²) in [5, 5.41) is 31.9. The predicted molar refractivity (Wildman–Crippen MR) is 113 cm³/mol. The lowest BCUT2D eigenvalue weighted by atomic mass is 10.1. The summed E-state index contributed by atoms with van der Waals surface area (Å²) in [4.78, 5) is 23.4. The summed E-state index contributed by atoms with van der Waals surface area (Å²) in [5.74, 6) is 0.189. The molecule has 1 aliphatic rings. The molecule has 32 heavy (non-hydrogen) atoms. The number of ether oxygens (including phenoxy) is 3. The lowest BCUT2D eigenvalue weighted by molar-refractivity contribution is -0.384. The lowest BCUT2D eigenvalue weighted by Gasteiger charge is -2.19. The Kier molecular flexibility index (Phi) is 7.23. The van der Waals surface area contributed by atoms with Crippen LogP contribution in [0, 0.1) is 32.8 Å². The molecule has 2 aromatic rings. The highest BCUT2D eigenvalue weighted by atomic mass is 16.6. The van der Waals surface area contributed by atoms with E-state index in [1.165, 1.54) is 18.2 Å². The molecule has 2 aromatic carbocycles. The zero-order chi connectivity index (χ0) is 22.9. The number of nitro benzene ring substituents is 1. The minimum absolute atomic E-state index is 0.111. The summed E-state index contributed by atoms with van der Waals surface area (Å²) >= 11 is 0. The van der Waals surface area contributed by atoms with Crippen LogP contribution in [0.2, 0.25) is 0 Å². The van der Waals surface area contributed by atoms with Crippen LogP contribution in [0.25, 0.3) is 6.08 Å². The van der Waals surface area contributed by atoms with E-state index in [1.54, 1.807) is 24.3 Å². The van der Waals surface area contributed by atoms with E-state index >= 15 is 0 Å². The number of carbonyl (C=O) groups excluding carboxylic acids is 1. The smallest absolute Gasteiger partial charge is 0.296 e. The van der Waals surface area contributed by atoms with E-state index < -0.39 is 10.8 Å². The highest BCUT2D eigenvalue weighted by Gasteiger charge is 2.24. The zero-order valence-corrected chi connectivity index (χ0v) is 16.9. The fourth-order valence-corrected chi connectivity index (χ4v) is 2.87. The summed E-state index contributed by atoms with van der Waals surface area (Å²) in [6, 6.07) is 13.1. The number of rotatable bonds is 8. The van der Waals surface area contributed by atoms with Gasteiger partial charge in [0.15, 0.2) is 11.5 Å². The van der Waals surface area contributed by atoms with Gasteiger partial charge in [0.25, 0.3) is 11.6 Å². The van der Waals surface area contributed by atoms with Gasteiger partial charge in [-0.2, -0.15) is 10.5 Å². The first-order valence-electron chi connectivity index (χ1n) is 9.63. The van der Waals surface area contributed by atoms with Crippen LogP contribution < -0.4 is 19.5 Å². The molecule has 0 bridgehead atoms. The molecule has 0 fully saturated rings. The van der Waals surface area contributed by atoms with Gasteiger partial charge in [0, 0.05) is 12.5 Å². The molecule has 0 spiro atoms. The highest BCUT2D eigenvalue weighted by Crippen LogP contribution is 2.39. The van der Waals surface area contributed by atoms with Gasteiger partial charge in [0.05, 0.1) is 23.7 Å². The van der Waals surface area contributed by atoms with E-state index in [1.807, 2.05) is 12.1 Å². The van der Waals surface area contributed by atoms with Crippen molar-refractivity contribution in [2.45, 2.75) is 12.8 Å². The molecule has 1 heterocycles. The van der Waals surface area contributed by atoms with Crippen LogP contribution in [0.5, 0.6) is 17.2 Å². The third kappa shape index (κ3) is 5.52. The fourth-order valence-electron chi connectivity index (χ4n) is 2.87. The molecular weight excluding hydrogens is 416 g/mol. The molecule has 10 heteroatoms. The van der Waals surface area contributed by atoms with Gasteiger partial charge in [0.2, 0.25) is 0 Å². The van der Waals surface area contributed by atoms with Crippen LogP contribution in [0.4, 0.5) is 11.4 Å². The van der Waals surface area contributed by atoms with Gasteiger partial charge >= 0.3 is 0 Å². The quantitative estimate of drug-likeness (QED) is 0.218. The van der Waals surface area contributed by atoms with Crippen LogP contribution >= 0.6 is 0 Å². The number of anilines is 1. The van der Waals surface area contributed by atoms with Crippen LogP contribution in [-0.2, 0) is 4.79 Å². The Morgan fingerprint density at radius 2 is 1.97 bits per heavy atom. The maximum Gasteiger partial charge on any atom is 0.296 e. The van der Waals surface area contributed by atoms with Crippen molar-refractivity contribution in [3.8, 4) is 29.4 Å². The second-order valence-electron chi connectivity index (χ2n) is 6.58. The Balaban J connectivity index is 1.80. The number of nitrogens with zero attached hydrogens (tertiary/aromatic N) is 3. The number of unbranched alkanes of at least 4 members (excludes halogenated alkanes) is 1. The Bertz CT molecular complexity index is 1150. The number of benzene rings is 2. The Morgan fingerprint density at radius 3 is 2.66 bits per heavy atom. The van der Waals surface area contributed by atoms with Gasteiger partial charge in [-0.3, -0.25) is 14.9 Å². The van der Waals surface area contributed by atoms with E-state index in [0.717, 1.165) is 0 Å². The van der Waals surface area contributed by atoms with Crippen molar-refractivity contribution in [3.63, 3.8) is 0 Å². The number of hydrogen-bond donors (Lipinski definition) is 1. The number of fused-ring (bicyclic) bond motifs is 1. The molecule has 1 amide bonds. The van der Waals surface area contributed by atoms with Crippen molar-refractivity contribution < 1.29 is 23.9 Å². The Hall–Kier alpha value is -4.57. The predicted octanol–water partition coefficient (Wildman–Crippen LogP) is 3.59. The van der Waals surface area contributed by atoms with Gasteiger partial charge in [-0.25, -0.2) is 0 Å². The molecule has 0 radical (unpaired) electrons. The maximum absolute atomic E-state index is 12.7. The second kappa shape index (κ2) is 10.5. The number of nitriles is 2. The summed E-state index contributed by atoms with van der Waals surface area (Å²) < 4.78 is 16.3. The maximum atomic E-state index is 12.7. The minimum atomic E-state index is -0.812. The average molecular weight is 434 g/mol. The number of amides is 1. The van der Waals surface area contributed by atoms with E-state index in [0.29, 0.717) is 30.8 Å². The molecule has 3 rings (SSSR count). The molecule has 1 aliphatic heterocycles. The third-order valence-corrected chi connectivity index (χ3v) is 4.34. The summed E-state index contributed by atoms with van der Waals surface area (Å²) in [6.45, 7) is 0.898. The molecule has 0 saturated carbocycles. The number of hydrogen-bond acceptors (Lipinski definition) is 8. The number of nitro groups is 1. The summed E-state index contributed by atoms with van der Waals surface area (Å²) in [7, 11) is 0. The van der Waals surface area contributed by atoms with Crippen LogP contribution in [0.3, 0.4) is 0 Å². The SMILES string of the molecule is N#CCCCOc1cccc(/C=C(/C#N)C(=O)Nc2cc3c(cc2[N+](=O)[O-])OCCO3)c1. The largest absolute Gasteiger partial charge is 0.494 e. The number of carbonyl (C=O) groups is 1. The van der Waals surface area contributed by atoms with E-state index in [4.69, 9.17) is 19.5 Å². The summed E-state index contributed by atoms with van der Waals surface area (Å²) in [6.07, 6.45) is 2.31. The molecule has 0 unspecified atom stereocenters. The first kappa shape index (κ1) is 22.1. The minimum Gasteiger partial charge on any atom is -0.494 e. The molecule has 1 N–H and O–H groups in total. The van der Waals surface area contributed by atoms with E-state index in [-0.39, 0.29) is 41.7 Å². The first-order chi connectivity index (χ1) is 15.5. The van der Waals surface area contributed by atoms with Gasteiger partial charge < -0.3 is 19.5 Å². The van der Waals surface area contributed by atoms with Crippen LogP contribution in [0.1, 0.15) is 18.4 Å². The topological polar surface area (TPSA) is 148 Å². The van der Waals surface area contributed by atoms with Crippen LogP contribution in [0.15, 0.2) is 42.0 Å². The Labute approximate surface area is 183 Å². The number of nitrogens with one attached hydrogen (secondary N) is 1. The second-order valence-corrected chi connectivity index (χ2v) is 6.58. The van der Waals surface area contributed by atoms with Crippen molar-refractivity contribution in [1.29, 1.82) is 10.5 Å². The van der Waals surface area contributed by atoms with Crippen molar-refractivity contribution in [2.75, 3.05) is 25.1 Å². The van der Waals surface area contributed by atoms with Gasteiger partial charge in [-0.05, 0) is 30.2 Å². The molecule has 0 saturated heterocycles. The van der Waals surface area contributed by atoms with Crippen molar-refractivity contribution >= 4 is 23.4 Å². The van der Waals surface area contributed by atoms with Crippen molar-refractivity contribution in [3.05, 3.63) is 57.6 Å². The normalized spacial score (nSPS) is 12.2. The standard InChI is InChI=1S/C22H18N4O6/c23-6-1-2-7-30-17-5-3-4-15(11-17)10-16(14-24)22(27)25-18-12-20-21(32-9-8-31-20)13-19(18)26(28)29/h3-5,10-13H,1-2,7-9H2,(H,25,27)/b16-10-. The van der Waals surface area contributed by atoms with E-state index in [2.05, 4.69) is 5.32 Å². The van der Waals surface area contributed by atoms with Crippen molar-refractivity contribution in [2.24, 2.45) is 0 Å². The molecule has 162 valence electrons. The van der Waals surface area contributed by atoms with E-state index in [9.17, 15) is 20.2 Å². The van der Waals surface area contributed by atoms with Gasteiger partial charge in [-0.1, -0.05) is 12.1 Å². The molecule has 0 atom stereocenters. The third-order valence-electron chi connectivity index (χ3n) is 4.34. The molecule has 0 aromatic heterocycles. The molecular formula is C22H18N4O6. The fraction of sp³-hybridized carbons (Fsp3) is 0.227.